The fourth-order valence-electron chi connectivity index (χ4n) is 5.53. The SMILES string of the molecule is CC(C=C[C@H]1[C@](C)(O)[C@@H](O)[C@H](O)C2C(C)(C)CCC[C@@]21C)=CC=O. The maximum atomic E-state index is 11.0. The molecule has 0 aliphatic heterocycles. The van der Waals surface area contributed by atoms with Crippen LogP contribution in [-0.2, 0) is 4.79 Å². The van der Waals surface area contributed by atoms with Crippen molar-refractivity contribution in [2.75, 3.05) is 0 Å². The Bertz CT molecular complexity index is 546. The first kappa shape index (κ1) is 19.4. The van der Waals surface area contributed by atoms with Crippen LogP contribution in [-0.4, -0.2) is 39.4 Å². The van der Waals surface area contributed by atoms with E-state index < -0.39 is 17.8 Å². The molecule has 4 heteroatoms. The van der Waals surface area contributed by atoms with Crippen molar-refractivity contribution in [2.24, 2.45) is 22.7 Å². The molecule has 3 N–H and O–H groups in total. The minimum absolute atomic E-state index is 0.0982. The normalized spacial score (nSPS) is 45.9. The number of carbonyl (C=O) groups is 1. The van der Waals surface area contributed by atoms with E-state index in [9.17, 15) is 20.1 Å². The van der Waals surface area contributed by atoms with Crippen molar-refractivity contribution in [3.63, 3.8) is 0 Å². The van der Waals surface area contributed by atoms with Crippen LogP contribution in [0.3, 0.4) is 0 Å². The highest BCUT2D eigenvalue weighted by atomic mass is 16.4. The third-order valence-corrected chi connectivity index (χ3v) is 6.58. The van der Waals surface area contributed by atoms with Gasteiger partial charge in [0, 0.05) is 5.92 Å². The van der Waals surface area contributed by atoms with Crippen LogP contribution < -0.4 is 0 Å². The monoisotopic (exact) mass is 336 g/mol. The van der Waals surface area contributed by atoms with E-state index in [2.05, 4.69) is 20.8 Å². The first-order valence-corrected chi connectivity index (χ1v) is 8.87. The Kier molecular flexibility index (Phi) is 5.16. The Labute approximate surface area is 145 Å². The second-order valence-electron chi connectivity index (χ2n) is 8.87. The average molecular weight is 336 g/mol. The van der Waals surface area contributed by atoms with E-state index in [0.29, 0.717) is 0 Å². The summed E-state index contributed by atoms with van der Waals surface area (Å²) in [4.78, 5) is 10.6. The summed E-state index contributed by atoms with van der Waals surface area (Å²) in [5.41, 5.74) is -1.04. The van der Waals surface area contributed by atoms with Crippen molar-refractivity contribution in [3.05, 3.63) is 23.8 Å². The van der Waals surface area contributed by atoms with E-state index >= 15 is 0 Å². The molecule has 2 rings (SSSR count). The molecule has 2 aliphatic rings. The molecule has 0 saturated heterocycles. The Balaban J connectivity index is 2.52. The Morgan fingerprint density at radius 1 is 1.12 bits per heavy atom. The van der Waals surface area contributed by atoms with Crippen molar-refractivity contribution in [1.82, 2.24) is 0 Å². The molecule has 0 aromatic heterocycles. The lowest BCUT2D eigenvalue weighted by Crippen LogP contribution is -2.69. The molecule has 0 heterocycles. The molecule has 4 nitrogen and oxygen atoms in total. The molecule has 2 saturated carbocycles. The van der Waals surface area contributed by atoms with E-state index in [1.807, 2.05) is 19.1 Å². The first-order chi connectivity index (χ1) is 11.0. The number of allylic oxidation sites excluding steroid dienone is 3. The zero-order chi connectivity index (χ0) is 18.3. The van der Waals surface area contributed by atoms with Gasteiger partial charge in [-0.3, -0.25) is 4.79 Å². The van der Waals surface area contributed by atoms with E-state index in [0.717, 1.165) is 31.1 Å². The van der Waals surface area contributed by atoms with Gasteiger partial charge in [-0.2, -0.15) is 0 Å². The maximum Gasteiger partial charge on any atom is 0.143 e. The topological polar surface area (TPSA) is 77.8 Å². The van der Waals surface area contributed by atoms with Gasteiger partial charge in [0.25, 0.3) is 0 Å². The highest BCUT2D eigenvalue weighted by molar-refractivity contribution is 5.66. The fourth-order valence-corrected chi connectivity index (χ4v) is 5.53. The zero-order valence-corrected chi connectivity index (χ0v) is 15.5. The Morgan fingerprint density at radius 3 is 2.33 bits per heavy atom. The summed E-state index contributed by atoms with van der Waals surface area (Å²) in [6.07, 6.45) is 6.75. The summed E-state index contributed by atoms with van der Waals surface area (Å²) >= 11 is 0. The van der Waals surface area contributed by atoms with Gasteiger partial charge >= 0.3 is 0 Å². The number of hydrogen-bond donors (Lipinski definition) is 3. The highest BCUT2D eigenvalue weighted by Crippen LogP contribution is 2.62. The molecule has 0 bridgehead atoms. The molecule has 0 radical (unpaired) electrons. The number of fused-ring (bicyclic) bond motifs is 1. The number of aliphatic hydroxyl groups excluding tert-OH is 2. The van der Waals surface area contributed by atoms with Crippen molar-refractivity contribution in [1.29, 1.82) is 0 Å². The number of aldehydes is 1. The second kappa shape index (κ2) is 6.40. The minimum Gasteiger partial charge on any atom is -0.390 e. The molecule has 2 fully saturated rings. The number of rotatable bonds is 3. The van der Waals surface area contributed by atoms with Gasteiger partial charge < -0.3 is 15.3 Å². The molecule has 136 valence electrons. The average Bonchev–Trinajstić information content (AvgIpc) is 2.44. The largest absolute Gasteiger partial charge is 0.390 e. The smallest absolute Gasteiger partial charge is 0.143 e. The lowest BCUT2D eigenvalue weighted by molar-refractivity contribution is -0.255. The predicted molar refractivity (Wildman–Crippen MR) is 94.3 cm³/mol. The summed E-state index contributed by atoms with van der Waals surface area (Å²) in [7, 11) is 0. The molecule has 0 spiro atoms. The molecular formula is C20H32O4. The second-order valence-corrected chi connectivity index (χ2v) is 8.87. The van der Waals surface area contributed by atoms with Gasteiger partial charge in [-0.15, -0.1) is 0 Å². The lowest BCUT2D eigenvalue weighted by Gasteiger charge is -2.63. The molecule has 0 aromatic carbocycles. The molecular weight excluding hydrogens is 304 g/mol. The molecule has 0 amide bonds. The summed E-state index contributed by atoms with van der Waals surface area (Å²) in [6, 6.07) is 0. The van der Waals surface area contributed by atoms with E-state index in [1.54, 1.807) is 6.92 Å². The summed E-state index contributed by atoms with van der Waals surface area (Å²) in [5.74, 6) is -0.401. The Hall–Kier alpha value is -0.970. The fraction of sp³-hybridized carbons (Fsp3) is 0.750. The lowest BCUT2D eigenvalue weighted by atomic mass is 9.44. The van der Waals surface area contributed by atoms with Crippen molar-refractivity contribution in [2.45, 2.75) is 71.7 Å². The molecule has 0 aromatic rings. The van der Waals surface area contributed by atoms with E-state index in [4.69, 9.17) is 0 Å². The van der Waals surface area contributed by atoms with Gasteiger partial charge in [-0.05, 0) is 55.1 Å². The summed E-state index contributed by atoms with van der Waals surface area (Å²) in [6.45, 7) is 9.85. The number of aliphatic hydroxyl groups is 3. The third-order valence-electron chi connectivity index (χ3n) is 6.58. The molecule has 2 aliphatic carbocycles. The maximum absolute atomic E-state index is 11.0. The molecule has 24 heavy (non-hydrogen) atoms. The van der Waals surface area contributed by atoms with E-state index in [-0.39, 0.29) is 22.7 Å². The van der Waals surface area contributed by atoms with Crippen LogP contribution in [0.25, 0.3) is 0 Å². The van der Waals surface area contributed by atoms with Gasteiger partial charge in [0.1, 0.15) is 12.4 Å². The van der Waals surface area contributed by atoms with Gasteiger partial charge in [0.15, 0.2) is 0 Å². The van der Waals surface area contributed by atoms with Crippen molar-refractivity contribution < 1.29 is 20.1 Å². The van der Waals surface area contributed by atoms with Crippen LogP contribution in [0.15, 0.2) is 23.8 Å². The third kappa shape index (κ3) is 3.00. The van der Waals surface area contributed by atoms with Gasteiger partial charge in [0.2, 0.25) is 0 Å². The van der Waals surface area contributed by atoms with Crippen LogP contribution in [0.5, 0.6) is 0 Å². The quantitative estimate of drug-likeness (QED) is 0.421. The van der Waals surface area contributed by atoms with Crippen molar-refractivity contribution >= 4 is 6.29 Å². The number of carbonyl (C=O) groups excluding carboxylic acids is 1. The predicted octanol–water partition coefficient (Wildman–Crippen LogP) is 2.62. The van der Waals surface area contributed by atoms with Crippen molar-refractivity contribution in [3.8, 4) is 0 Å². The minimum atomic E-state index is -1.42. The number of hydrogen-bond acceptors (Lipinski definition) is 4. The Morgan fingerprint density at radius 2 is 1.75 bits per heavy atom. The van der Waals surface area contributed by atoms with E-state index in [1.165, 1.54) is 6.08 Å². The zero-order valence-electron chi connectivity index (χ0n) is 15.5. The van der Waals surface area contributed by atoms with Crippen LogP contribution >= 0.6 is 0 Å². The van der Waals surface area contributed by atoms with Gasteiger partial charge in [-0.1, -0.05) is 39.3 Å². The van der Waals surface area contributed by atoms with Crippen LogP contribution in [0.4, 0.5) is 0 Å². The summed E-state index contributed by atoms with van der Waals surface area (Å²) < 4.78 is 0. The summed E-state index contributed by atoms with van der Waals surface area (Å²) in [5, 5.41) is 32.5. The highest BCUT2D eigenvalue weighted by Gasteiger charge is 2.64. The standard InChI is InChI=1S/C20H32O4/c1-13(9-12-21)7-8-14-19(4)11-6-10-18(2,3)16(19)15(22)17(23)20(14,5)24/h7-9,12,14-17,22-24H,6,10-11H2,1-5H3/t14-,15-,16?,17+,19-,20+/m1/s1. The molecule has 6 atom stereocenters. The van der Waals surface area contributed by atoms with Crippen LogP contribution in [0.1, 0.15) is 53.9 Å². The van der Waals surface area contributed by atoms with Crippen LogP contribution in [0, 0.1) is 22.7 Å². The molecule has 1 unspecified atom stereocenters. The van der Waals surface area contributed by atoms with Gasteiger partial charge in [-0.25, -0.2) is 0 Å². The first-order valence-electron chi connectivity index (χ1n) is 8.87. The van der Waals surface area contributed by atoms with Crippen LogP contribution in [0.2, 0.25) is 0 Å². The van der Waals surface area contributed by atoms with Gasteiger partial charge in [0.05, 0.1) is 11.7 Å².